The Morgan fingerprint density at radius 2 is 1.73 bits per heavy atom. The molecule has 226 valence electrons. The first kappa shape index (κ1) is 32.1. The Morgan fingerprint density at radius 3 is 2.30 bits per heavy atom. The second-order valence-corrected chi connectivity index (χ2v) is 18.8. The normalized spacial score (nSPS) is 31.1. The highest BCUT2D eigenvalue weighted by molar-refractivity contribution is 6.74. The van der Waals surface area contributed by atoms with Gasteiger partial charge in [0, 0.05) is 13.0 Å². The first-order valence-electron chi connectivity index (χ1n) is 14.6. The zero-order valence-electron chi connectivity index (χ0n) is 25.5. The van der Waals surface area contributed by atoms with E-state index in [0.29, 0.717) is 19.3 Å². The second-order valence-electron chi connectivity index (χ2n) is 14.0. The minimum atomic E-state index is -2.32. The van der Waals surface area contributed by atoms with E-state index in [9.17, 15) is 24.3 Å². The van der Waals surface area contributed by atoms with Gasteiger partial charge in [0.15, 0.2) is 19.4 Å². The Morgan fingerprint density at radius 1 is 1.07 bits per heavy atom. The predicted molar refractivity (Wildman–Crippen MR) is 154 cm³/mol. The number of β-lactam (4-membered cyclic amide) rings is 1. The molecule has 2 saturated heterocycles. The van der Waals surface area contributed by atoms with Gasteiger partial charge in [0.1, 0.15) is 11.6 Å². The number of carboxylic acids is 1. The molecule has 3 rings (SSSR count). The summed E-state index contributed by atoms with van der Waals surface area (Å²) >= 11 is 0. The number of alkyl carbamates (subject to hydrolysis) is 1. The molecule has 1 spiro atoms. The predicted octanol–water partition coefficient (Wildman–Crippen LogP) is 4.49. The second kappa shape index (κ2) is 11.5. The third-order valence-electron chi connectivity index (χ3n) is 8.88. The van der Waals surface area contributed by atoms with Gasteiger partial charge in [-0.3, -0.25) is 9.59 Å². The minimum Gasteiger partial charge on any atom is -0.479 e. The van der Waals surface area contributed by atoms with Crippen LogP contribution < -0.4 is 10.6 Å². The Kier molecular flexibility index (Phi) is 9.21. The van der Waals surface area contributed by atoms with E-state index in [1.165, 1.54) is 4.90 Å². The summed E-state index contributed by atoms with van der Waals surface area (Å²) in [6.45, 7) is 15.8. The third-order valence-corrected chi connectivity index (χ3v) is 13.4. The molecule has 3 aliphatic rings. The van der Waals surface area contributed by atoms with E-state index >= 15 is 0 Å². The standard InChI is InChI=1S/C29H49N3O7Si/c1-26(2,3)38-25(37)30-21-16-14-12-10-9-11-13-15-17-28(24(35)36)29(23(34)31-28)18-20(19-32(29)22(21)33)39-40(7,8)27(4,5)6/h11,13,20-21H,9-10,12,14-19H2,1-8H3,(H,30,37)(H,31,34)(H,35,36)/b13-11-. The zero-order chi connectivity index (χ0) is 30.1. The molecule has 0 bridgehead atoms. The van der Waals surface area contributed by atoms with Gasteiger partial charge < -0.3 is 29.8 Å². The van der Waals surface area contributed by atoms with Crippen molar-refractivity contribution in [3.8, 4) is 0 Å². The molecular weight excluding hydrogens is 530 g/mol. The average Bonchev–Trinajstić information content (AvgIpc) is 3.20. The van der Waals surface area contributed by atoms with Crippen LogP contribution in [0.5, 0.6) is 0 Å². The molecule has 3 heterocycles. The van der Waals surface area contributed by atoms with Crippen molar-refractivity contribution >= 4 is 32.2 Å². The van der Waals surface area contributed by atoms with Crippen LogP contribution >= 0.6 is 0 Å². The quantitative estimate of drug-likeness (QED) is 0.254. The van der Waals surface area contributed by atoms with Gasteiger partial charge in [0.25, 0.3) is 0 Å². The Balaban J connectivity index is 2.07. The molecule has 11 heteroatoms. The molecule has 3 amide bonds. The number of amides is 3. The van der Waals surface area contributed by atoms with E-state index in [4.69, 9.17) is 9.16 Å². The molecule has 3 aliphatic heterocycles. The molecule has 0 radical (unpaired) electrons. The lowest BCUT2D eigenvalue weighted by atomic mass is 9.64. The monoisotopic (exact) mass is 579 g/mol. The van der Waals surface area contributed by atoms with E-state index in [1.54, 1.807) is 20.8 Å². The lowest BCUT2D eigenvalue weighted by Gasteiger charge is -2.57. The fraction of sp³-hybridized carbons (Fsp3) is 0.793. The van der Waals surface area contributed by atoms with Crippen LogP contribution in [0.4, 0.5) is 4.79 Å². The molecular formula is C29H49N3O7Si. The van der Waals surface area contributed by atoms with E-state index < -0.39 is 61.0 Å². The van der Waals surface area contributed by atoms with Crippen molar-refractivity contribution in [1.29, 1.82) is 0 Å². The molecule has 0 aromatic rings. The summed E-state index contributed by atoms with van der Waals surface area (Å²) in [6.07, 6.45) is 7.11. The van der Waals surface area contributed by atoms with Crippen LogP contribution in [0.2, 0.25) is 18.1 Å². The summed E-state index contributed by atoms with van der Waals surface area (Å²) in [4.78, 5) is 55.0. The van der Waals surface area contributed by atoms with Crippen LogP contribution in [0.1, 0.15) is 92.9 Å². The van der Waals surface area contributed by atoms with Gasteiger partial charge in [-0.2, -0.15) is 0 Å². The molecule has 0 saturated carbocycles. The molecule has 4 atom stereocenters. The van der Waals surface area contributed by atoms with Crippen molar-refractivity contribution < 1.29 is 33.4 Å². The van der Waals surface area contributed by atoms with Crippen LogP contribution in [0, 0.1) is 0 Å². The largest absolute Gasteiger partial charge is 0.479 e. The van der Waals surface area contributed by atoms with Gasteiger partial charge in [0.05, 0.1) is 6.10 Å². The fourth-order valence-electron chi connectivity index (χ4n) is 5.79. The first-order chi connectivity index (χ1) is 18.4. The van der Waals surface area contributed by atoms with Crippen molar-refractivity contribution in [2.75, 3.05) is 6.54 Å². The SMILES string of the molecule is CC(C)(C)OC(=O)NC1CCCCC/C=C\CCC2(C(=O)O)NC(=O)C23CC(O[Si](C)(C)C(C)(C)C)CN3C1=O. The molecule has 4 unspecified atom stereocenters. The van der Waals surface area contributed by atoms with Crippen molar-refractivity contribution in [1.82, 2.24) is 15.5 Å². The fourth-order valence-corrected chi connectivity index (χ4v) is 7.14. The van der Waals surface area contributed by atoms with Crippen LogP contribution in [0.25, 0.3) is 0 Å². The number of hydrogen-bond donors (Lipinski definition) is 3. The summed E-state index contributed by atoms with van der Waals surface area (Å²) in [5.41, 5.74) is -4.03. The maximum Gasteiger partial charge on any atom is 0.408 e. The Bertz CT molecular complexity index is 1030. The van der Waals surface area contributed by atoms with Crippen molar-refractivity contribution in [3.63, 3.8) is 0 Å². The smallest absolute Gasteiger partial charge is 0.408 e. The summed E-state index contributed by atoms with van der Waals surface area (Å²) in [5, 5.41) is 15.9. The molecule has 0 aromatic heterocycles. The number of ether oxygens (including phenoxy) is 1. The highest BCUT2D eigenvalue weighted by atomic mass is 28.4. The first-order valence-corrected chi connectivity index (χ1v) is 17.5. The van der Waals surface area contributed by atoms with Gasteiger partial charge in [0.2, 0.25) is 11.8 Å². The van der Waals surface area contributed by atoms with Crippen LogP contribution in [0.3, 0.4) is 0 Å². The number of rotatable bonds is 4. The molecule has 2 fully saturated rings. The number of carbonyl (C=O) groups excluding carboxylic acids is 3. The van der Waals surface area contributed by atoms with Crippen LogP contribution in [-0.4, -0.2) is 77.6 Å². The molecule has 0 aromatic carbocycles. The summed E-state index contributed by atoms with van der Waals surface area (Å²) < 4.78 is 12.1. The zero-order valence-corrected chi connectivity index (χ0v) is 26.5. The van der Waals surface area contributed by atoms with Crippen LogP contribution in [0.15, 0.2) is 12.2 Å². The lowest BCUT2D eigenvalue weighted by molar-refractivity contribution is -0.181. The Labute approximate surface area is 239 Å². The summed E-state index contributed by atoms with van der Waals surface area (Å²) in [7, 11) is -2.32. The molecule has 0 aliphatic carbocycles. The number of carbonyl (C=O) groups is 4. The number of allylic oxidation sites excluding steroid dienone is 2. The maximum atomic E-state index is 14.3. The lowest BCUT2D eigenvalue weighted by Crippen LogP contribution is -2.88. The molecule has 40 heavy (non-hydrogen) atoms. The third kappa shape index (κ3) is 6.25. The van der Waals surface area contributed by atoms with Crippen molar-refractivity contribution in [2.45, 2.75) is 140 Å². The summed E-state index contributed by atoms with van der Waals surface area (Å²) in [6, 6.07) is -0.961. The van der Waals surface area contributed by atoms with Gasteiger partial charge >= 0.3 is 12.1 Å². The van der Waals surface area contributed by atoms with E-state index in [0.717, 1.165) is 19.3 Å². The highest BCUT2D eigenvalue weighted by Gasteiger charge is 2.76. The minimum absolute atomic E-state index is 0.0795. The number of nitrogens with one attached hydrogen (secondary N) is 2. The number of nitrogens with zero attached hydrogens (tertiary/aromatic N) is 1. The van der Waals surface area contributed by atoms with E-state index in [-0.39, 0.29) is 24.4 Å². The summed E-state index contributed by atoms with van der Waals surface area (Å²) in [5.74, 6) is -2.13. The van der Waals surface area contributed by atoms with Crippen LogP contribution in [-0.2, 0) is 23.5 Å². The van der Waals surface area contributed by atoms with Gasteiger partial charge in [-0.25, -0.2) is 9.59 Å². The topological polar surface area (TPSA) is 134 Å². The van der Waals surface area contributed by atoms with E-state index in [1.807, 2.05) is 12.2 Å². The molecule has 3 N–H and O–H groups in total. The van der Waals surface area contributed by atoms with Gasteiger partial charge in [-0.15, -0.1) is 0 Å². The number of hydrogen-bond acceptors (Lipinski definition) is 6. The number of aliphatic carboxylic acids is 1. The van der Waals surface area contributed by atoms with Crippen molar-refractivity contribution in [3.05, 3.63) is 12.2 Å². The average molecular weight is 580 g/mol. The maximum absolute atomic E-state index is 14.3. The van der Waals surface area contributed by atoms with E-state index in [2.05, 4.69) is 44.5 Å². The highest BCUT2D eigenvalue weighted by Crippen LogP contribution is 2.50. The number of carboxylic acid groups (broad SMARTS) is 1. The van der Waals surface area contributed by atoms with Gasteiger partial charge in [-0.1, -0.05) is 45.8 Å². The Hall–Kier alpha value is -2.40. The van der Waals surface area contributed by atoms with Gasteiger partial charge in [-0.05, 0) is 71.0 Å². The van der Waals surface area contributed by atoms with Crippen molar-refractivity contribution in [2.24, 2.45) is 0 Å². The molecule has 10 nitrogen and oxygen atoms in total.